The van der Waals surface area contributed by atoms with Crippen molar-refractivity contribution in [3.8, 4) is 6.07 Å². The summed E-state index contributed by atoms with van der Waals surface area (Å²) in [5.41, 5.74) is 0. The molecule has 6 nitrogen and oxygen atoms in total. The van der Waals surface area contributed by atoms with Gasteiger partial charge in [0.05, 0.1) is 12.5 Å². The van der Waals surface area contributed by atoms with Crippen molar-refractivity contribution in [2.45, 2.75) is 46.6 Å². The summed E-state index contributed by atoms with van der Waals surface area (Å²) in [6.45, 7) is 8.43. The molecule has 6 heteroatoms. The molecule has 0 aliphatic rings. The van der Waals surface area contributed by atoms with Gasteiger partial charge in [-0.1, -0.05) is 34.1 Å². The highest BCUT2D eigenvalue weighted by molar-refractivity contribution is 5.82. The highest BCUT2D eigenvalue weighted by Crippen LogP contribution is 2.09. The van der Waals surface area contributed by atoms with E-state index in [0.29, 0.717) is 19.5 Å². The van der Waals surface area contributed by atoms with Crippen molar-refractivity contribution in [3.63, 3.8) is 0 Å². The largest absolute Gasteiger partial charge is 0.480 e. The summed E-state index contributed by atoms with van der Waals surface area (Å²) in [5, 5.41) is 20.4. The van der Waals surface area contributed by atoms with E-state index in [-0.39, 0.29) is 18.3 Å². The Morgan fingerprint density at radius 2 is 1.95 bits per heavy atom. The molecule has 0 saturated carbocycles. The van der Waals surface area contributed by atoms with Crippen molar-refractivity contribution in [1.29, 1.82) is 5.26 Å². The van der Waals surface area contributed by atoms with Gasteiger partial charge in [0.25, 0.3) is 0 Å². The number of urea groups is 1. The predicted octanol–water partition coefficient (Wildman–Crippen LogP) is 2.07. The van der Waals surface area contributed by atoms with E-state index < -0.39 is 18.0 Å². The van der Waals surface area contributed by atoms with Crippen LogP contribution in [0.25, 0.3) is 0 Å². The third-order valence-electron chi connectivity index (χ3n) is 3.12. The molecule has 0 radical (unpaired) electrons. The summed E-state index contributed by atoms with van der Waals surface area (Å²) in [5.74, 6) is -0.919. The minimum atomic E-state index is -1.03. The van der Waals surface area contributed by atoms with Crippen LogP contribution in [0.5, 0.6) is 0 Å². The van der Waals surface area contributed by atoms with Crippen LogP contribution in [0, 0.1) is 23.2 Å². The number of nitrogens with one attached hydrogen (secondary N) is 1. The molecule has 0 fully saturated rings. The molecule has 2 atom stereocenters. The van der Waals surface area contributed by atoms with Crippen LogP contribution in [-0.4, -0.2) is 41.1 Å². The molecular formula is C14H25N3O3. The van der Waals surface area contributed by atoms with Crippen LogP contribution in [0.1, 0.15) is 40.5 Å². The standard InChI is InChI=1S/C14H25N3O3/c1-5-11(4)12(13(18)19)16-14(20)17(8-6-7-15)9-10(2)3/h10-12H,5-6,8-9H2,1-4H3,(H,16,20)(H,18,19)/t11?,12-/m0/s1. The first-order valence-electron chi connectivity index (χ1n) is 6.98. The number of carbonyl (C=O) groups excluding carboxylic acids is 1. The molecule has 1 unspecified atom stereocenters. The first-order valence-corrected chi connectivity index (χ1v) is 6.98. The van der Waals surface area contributed by atoms with Gasteiger partial charge in [0, 0.05) is 13.1 Å². The van der Waals surface area contributed by atoms with Gasteiger partial charge in [-0.25, -0.2) is 9.59 Å². The van der Waals surface area contributed by atoms with Gasteiger partial charge in [-0.3, -0.25) is 0 Å². The van der Waals surface area contributed by atoms with E-state index in [0.717, 1.165) is 0 Å². The molecule has 0 saturated heterocycles. The minimum Gasteiger partial charge on any atom is -0.480 e. The second-order valence-electron chi connectivity index (χ2n) is 5.40. The molecule has 0 aromatic carbocycles. The van der Waals surface area contributed by atoms with Gasteiger partial charge in [-0.05, 0) is 11.8 Å². The van der Waals surface area contributed by atoms with Crippen LogP contribution >= 0.6 is 0 Å². The summed E-state index contributed by atoms with van der Waals surface area (Å²) in [6.07, 6.45) is 0.904. The number of aliphatic carboxylic acids is 1. The van der Waals surface area contributed by atoms with Crippen LogP contribution in [0.15, 0.2) is 0 Å². The lowest BCUT2D eigenvalue weighted by Gasteiger charge is -2.27. The molecule has 0 heterocycles. The van der Waals surface area contributed by atoms with Gasteiger partial charge in [-0.2, -0.15) is 5.26 Å². The number of rotatable bonds is 8. The number of nitrogens with zero attached hydrogens (tertiary/aromatic N) is 2. The highest BCUT2D eigenvalue weighted by atomic mass is 16.4. The monoisotopic (exact) mass is 283 g/mol. The van der Waals surface area contributed by atoms with Gasteiger partial charge in [0.15, 0.2) is 0 Å². The molecule has 20 heavy (non-hydrogen) atoms. The Bertz CT molecular complexity index is 363. The molecule has 0 aromatic rings. The Morgan fingerprint density at radius 3 is 2.35 bits per heavy atom. The summed E-state index contributed by atoms with van der Waals surface area (Å²) >= 11 is 0. The summed E-state index contributed by atoms with van der Waals surface area (Å²) in [4.78, 5) is 24.9. The predicted molar refractivity (Wildman–Crippen MR) is 76.1 cm³/mol. The Morgan fingerprint density at radius 1 is 1.35 bits per heavy atom. The molecule has 0 rings (SSSR count). The van der Waals surface area contributed by atoms with E-state index in [1.54, 1.807) is 6.92 Å². The first kappa shape index (κ1) is 18.2. The third kappa shape index (κ3) is 6.41. The van der Waals surface area contributed by atoms with Crippen molar-refractivity contribution in [1.82, 2.24) is 10.2 Å². The number of amides is 2. The van der Waals surface area contributed by atoms with E-state index in [4.69, 9.17) is 5.26 Å². The van der Waals surface area contributed by atoms with Gasteiger partial charge < -0.3 is 15.3 Å². The van der Waals surface area contributed by atoms with Crippen molar-refractivity contribution in [2.75, 3.05) is 13.1 Å². The average molecular weight is 283 g/mol. The smallest absolute Gasteiger partial charge is 0.326 e. The van der Waals surface area contributed by atoms with Crippen molar-refractivity contribution in [3.05, 3.63) is 0 Å². The number of nitriles is 1. The zero-order chi connectivity index (χ0) is 15.7. The zero-order valence-electron chi connectivity index (χ0n) is 12.7. The zero-order valence-corrected chi connectivity index (χ0v) is 12.7. The van der Waals surface area contributed by atoms with E-state index in [2.05, 4.69) is 5.32 Å². The maximum absolute atomic E-state index is 12.2. The summed E-state index contributed by atoms with van der Waals surface area (Å²) in [7, 11) is 0. The SMILES string of the molecule is CCC(C)[C@H](NC(=O)N(CCC#N)CC(C)C)C(=O)O. The number of carbonyl (C=O) groups is 2. The Balaban J connectivity index is 4.78. The molecule has 0 aromatic heterocycles. The first-order chi connectivity index (χ1) is 9.33. The van der Waals surface area contributed by atoms with Gasteiger partial charge in [-0.15, -0.1) is 0 Å². The number of carboxylic acid groups (broad SMARTS) is 1. The number of carboxylic acids is 1. The topological polar surface area (TPSA) is 93.4 Å². The summed E-state index contributed by atoms with van der Waals surface area (Å²) in [6, 6.07) is 0.684. The van der Waals surface area contributed by atoms with E-state index in [9.17, 15) is 14.7 Å². The fraction of sp³-hybridized carbons (Fsp3) is 0.786. The average Bonchev–Trinajstić information content (AvgIpc) is 2.38. The van der Waals surface area contributed by atoms with Crippen molar-refractivity contribution in [2.24, 2.45) is 11.8 Å². The van der Waals surface area contributed by atoms with Crippen LogP contribution in [0.4, 0.5) is 4.79 Å². The molecule has 0 bridgehead atoms. The number of hydrogen-bond acceptors (Lipinski definition) is 3. The van der Waals surface area contributed by atoms with Crippen LogP contribution in [-0.2, 0) is 4.79 Å². The molecule has 2 N–H and O–H groups in total. The van der Waals surface area contributed by atoms with Crippen LogP contribution in [0.2, 0.25) is 0 Å². The van der Waals surface area contributed by atoms with Crippen LogP contribution in [0.3, 0.4) is 0 Å². The molecule has 0 aliphatic carbocycles. The second kappa shape index (κ2) is 9.18. The number of hydrogen-bond donors (Lipinski definition) is 2. The maximum atomic E-state index is 12.2. The quantitative estimate of drug-likeness (QED) is 0.713. The molecule has 0 spiro atoms. The third-order valence-corrected chi connectivity index (χ3v) is 3.12. The Hall–Kier alpha value is -1.77. The highest BCUT2D eigenvalue weighted by Gasteiger charge is 2.27. The lowest BCUT2D eigenvalue weighted by molar-refractivity contribution is -0.140. The van der Waals surface area contributed by atoms with E-state index in [1.165, 1.54) is 4.90 Å². The Labute approximate surface area is 120 Å². The molecular weight excluding hydrogens is 258 g/mol. The molecule has 114 valence electrons. The fourth-order valence-corrected chi connectivity index (χ4v) is 1.81. The maximum Gasteiger partial charge on any atom is 0.326 e. The molecule has 0 aliphatic heterocycles. The van der Waals surface area contributed by atoms with Gasteiger partial charge in [0.1, 0.15) is 6.04 Å². The lowest BCUT2D eigenvalue weighted by atomic mass is 9.99. The van der Waals surface area contributed by atoms with Crippen molar-refractivity contribution >= 4 is 12.0 Å². The van der Waals surface area contributed by atoms with Crippen LogP contribution < -0.4 is 5.32 Å². The van der Waals surface area contributed by atoms with Crippen molar-refractivity contribution < 1.29 is 14.7 Å². The fourth-order valence-electron chi connectivity index (χ4n) is 1.81. The van der Waals surface area contributed by atoms with Gasteiger partial charge in [0.2, 0.25) is 0 Å². The van der Waals surface area contributed by atoms with Gasteiger partial charge >= 0.3 is 12.0 Å². The second-order valence-corrected chi connectivity index (χ2v) is 5.40. The summed E-state index contributed by atoms with van der Waals surface area (Å²) < 4.78 is 0. The van der Waals surface area contributed by atoms with E-state index >= 15 is 0 Å². The Kier molecular flexibility index (Phi) is 8.37. The lowest BCUT2D eigenvalue weighted by Crippen LogP contribution is -2.51. The normalized spacial score (nSPS) is 13.4. The minimum absolute atomic E-state index is 0.145. The van der Waals surface area contributed by atoms with E-state index in [1.807, 2.05) is 26.8 Å². The molecule has 2 amide bonds.